The first-order valence-electron chi connectivity index (χ1n) is 6.74. The second-order valence-corrected chi connectivity index (χ2v) is 6.35. The predicted octanol–water partition coefficient (Wildman–Crippen LogP) is 3.43. The molecule has 1 aliphatic rings. The van der Waals surface area contributed by atoms with Crippen LogP contribution >= 0.6 is 0 Å². The third kappa shape index (κ3) is 5.82. The highest BCUT2D eigenvalue weighted by Gasteiger charge is 2.18. The number of sulfone groups is 1. The average molecular weight is 302 g/mol. The molecular weight excluding hydrogens is 276 g/mol. The van der Waals surface area contributed by atoms with Crippen LogP contribution in [0.3, 0.4) is 0 Å². The van der Waals surface area contributed by atoms with E-state index in [1.807, 2.05) is 26.8 Å². The third-order valence-electron chi connectivity index (χ3n) is 2.94. The van der Waals surface area contributed by atoms with Crippen LogP contribution in [0, 0.1) is 5.92 Å². The number of rotatable bonds is 5. The van der Waals surface area contributed by atoms with Crippen molar-refractivity contribution >= 4 is 9.84 Å². The fourth-order valence-electron chi connectivity index (χ4n) is 1.83. The summed E-state index contributed by atoms with van der Waals surface area (Å²) in [6.45, 7) is 5.83. The van der Waals surface area contributed by atoms with E-state index in [9.17, 15) is 8.42 Å². The molecule has 0 bridgehead atoms. The van der Waals surface area contributed by atoms with Gasteiger partial charge in [0, 0.05) is 12.7 Å². The van der Waals surface area contributed by atoms with E-state index in [-0.39, 0.29) is 5.92 Å². The lowest BCUT2D eigenvalue weighted by Crippen LogP contribution is -2.09. The lowest BCUT2D eigenvalue weighted by molar-refractivity contribution is 0.207. The maximum absolute atomic E-state index is 11.5. The molecule has 1 unspecified atom stereocenters. The Labute approximate surface area is 123 Å². The highest BCUT2D eigenvalue weighted by atomic mass is 32.2. The molecule has 4 nitrogen and oxygen atoms in total. The van der Waals surface area contributed by atoms with Crippen molar-refractivity contribution in [1.29, 1.82) is 0 Å². The van der Waals surface area contributed by atoms with Crippen LogP contribution in [-0.4, -0.2) is 28.9 Å². The SMILES string of the molecule is CC.CO/C(C)=C(/CC1C=C(S(C)(=O)=O)C=CC1)OC. The highest BCUT2D eigenvalue weighted by Crippen LogP contribution is 2.27. The summed E-state index contributed by atoms with van der Waals surface area (Å²) in [5, 5.41) is 0. The van der Waals surface area contributed by atoms with Crippen molar-refractivity contribution in [3.8, 4) is 0 Å². The van der Waals surface area contributed by atoms with Gasteiger partial charge < -0.3 is 9.47 Å². The van der Waals surface area contributed by atoms with Crippen LogP contribution in [0.5, 0.6) is 0 Å². The van der Waals surface area contributed by atoms with E-state index in [1.54, 1.807) is 26.4 Å². The zero-order chi connectivity index (χ0) is 15.8. The Bertz CT molecular complexity index is 484. The van der Waals surface area contributed by atoms with Gasteiger partial charge in [-0.1, -0.05) is 26.0 Å². The number of ether oxygens (including phenoxy) is 2. The average Bonchev–Trinajstić information content (AvgIpc) is 2.45. The Balaban J connectivity index is 0.00000172. The van der Waals surface area contributed by atoms with E-state index in [2.05, 4.69) is 0 Å². The van der Waals surface area contributed by atoms with E-state index in [0.29, 0.717) is 11.3 Å². The van der Waals surface area contributed by atoms with E-state index in [1.165, 1.54) is 6.26 Å². The Morgan fingerprint density at radius 1 is 1.30 bits per heavy atom. The molecule has 1 atom stereocenters. The van der Waals surface area contributed by atoms with E-state index in [4.69, 9.17) is 9.47 Å². The molecule has 116 valence electrons. The molecule has 5 heteroatoms. The summed E-state index contributed by atoms with van der Waals surface area (Å²) in [5.41, 5.74) is 0. The van der Waals surface area contributed by atoms with E-state index < -0.39 is 9.84 Å². The summed E-state index contributed by atoms with van der Waals surface area (Å²) in [5.74, 6) is 1.60. The molecular formula is C15H26O4S. The molecule has 0 radical (unpaired) electrons. The lowest BCUT2D eigenvalue weighted by atomic mass is 9.96. The molecule has 0 aromatic rings. The van der Waals surface area contributed by atoms with E-state index in [0.717, 1.165) is 17.9 Å². The summed E-state index contributed by atoms with van der Waals surface area (Å²) in [6.07, 6.45) is 8.00. The lowest BCUT2D eigenvalue weighted by Gasteiger charge is -2.18. The molecule has 1 rings (SSSR count). The fraction of sp³-hybridized carbons (Fsp3) is 0.600. The van der Waals surface area contributed by atoms with Gasteiger partial charge in [0.15, 0.2) is 9.84 Å². The maximum atomic E-state index is 11.5. The van der Waals surface area contributed by atoms with Gasteiger partial charge in [-0.05, 0) is 25.3 Å². The highest BCUT2D eigenvalue weighted by molar-refractivity contribution is 7.94. The first-order chi connectivity index (χ1) is 9.38. The number of hydrogen-bond acceptors (Lipinski definition) is 4. The van der Waals surface area contributed by atoms with E-state index >= 15 is 0 Å². The van der Waals surface area contributed by atoms with Crippen molar-refractivity contribution < 1.29 is 17.9 Å². The van der Waals surface area contributed by atoms with Crippen molar-refractivity contribution in [3.05, 3.63) is 34.7 Å². The molecule has 20 heavy (non-hydrogen) atoms. The van der Waals surface area contributed by atoms with Crippen LogP contribution < -0.4 is 0 Å². The zero-order valence-corrected chi connectivity index (χ0v) is 14.1. The predicted molar refractivity (Wildman–Crippen MR) is 82.9 cm³/mol. The minimum absolute atomic E-state index is 0.125. The standard InChI is InChI=1S/C13H20O4S.C2H6/c1-10(16-2)13(17-3)9-11-6-5-7-12(8-11)18(4,14)15;1-2/h5,7-8,11H,6,9H2,1-4H3;1-2H3/b13-10-;. The molecule has 0 saturated carbocycles. The maximum Gasteiger partial charge on any atom is 0.175 e. The Hall–Kier alpha value is -1.23. The normalized spacial score (nSPS) is 19.3. The quantitative estimate of drug-likeness (QED) is 0.730. The topological polar surface area (TPSA) is 52.6 Å². The van der Waals surface area contributed by atoms with Gasteiger partial charge in [0.1, 0.15) is 11.5 Å². The Morgan fingerprint density at radius 3 is 2.35 bits per heavy atom. The smallest absolute Gasteiger partial charge is 0.175 e. The van der Waals surface area contributed by atoms with Crippen LogP contribution in [0.15, 0.2) is 34.7 Å². The van der Waals surface area contributed by atoms with Crippen molar-refractivity contribution in [1.82, 2.24) is 0 Å². The van der Waals surface area contributed by atoms with Gasteiger partial charge in [-0.15, -0.1) is 0 Å². The van der Waals surface area contributed by atoms with Crippen LogP contribution in [0.1, 0.15) is 33.6 Å². The van der Waals surface area contributed by atoms with Gasteiger partial charge in [0.25, 0.3) is 0 Å². The van der Waals surface area contributed by atoms with Crippen LogP contribution in [0.25, 0.3) is 0 Å². The second kappa shape index (κ2) is 8.84. The van der Waals surface area contributed by atoms with Gasteiger partial charge in [-0.2, -0.15) is 0 Å². The number of hydrogen-bond donors (Lipinski definition) is 0. The van der Waals surface area contributed by atoms with Gasteiger partial charge in [-0.25, -0.2) is 8.42 Å². The fourth-order valence-corrected chi connectivity index (χ4v) is 2.61. The Kier molecular flexibility index (Phi) is 8.30. The van der Waals surface area contributed by atoms with Crippen LogP contribution in [0.4, 0.5) is 0 Å². The summed E-state index contributed by atoms with van der Waals surface area (Å²) >= 11 is 0. The monoisotopic (exact) mass is 302 g/mol. The van der Waals surface area contributed by atoms with Gasteiger partial charge in [-0.3, -0.25) is 0 Å². The first-order valence-corrected chi connectivity index (χ1v) is 8.63. The molecule has 1 aliphatic carbocycles. The summed E-state index contributed by atoms with van der Waals surface area (Å²) in [7, 11) is 0.0442. The summed E-state index contributed by atoms with van der Waals surface area (Å²) in [6, 6.07) is 0. The second-order valence-electron chi connectivity index (χ2n) is 4.33. The molecule has 0 amide bonds. The molecule has 0 aliphatic heterocycles. The molecule has 0 fully saturated rings. The molecule has 0 aromatic carbocycles. The van der Waals surface area contributed by atoms with Crippen molar-refractivity contribution in [3.63, 3.8) is 0 Å². The van der Waals surface area contributed by atoms with Gasteiger partial charge >= 0.3 is 0 Å². The minimum atomic E-state index is -3.14. The summed E-state index contributed by atoms with van der Waals surface area (Å²) < 4.78 is 33.4. The van der Waals surface area contributed by atoms with Crippen molar-refractivity contribution in [2.75, 3.05) is 20.5 Å². The molecule has 0 aromatic heterocycles. The molecule has 0 saturated heterocycles. The van der Waals surface area contributed by atoms with Gasteiger partial charge in [0.05, 0.1) is 19.1 Å². The minimum Gasteiger partial charge on any atom is -0.498 e. The number of allylic oxidation sites excluding steroid dienone is 5. The Morgan fingerprint density at radius 2 is 1.90 bits per heavy atom. The van der Waals surface area contributed by atoms with Gasteiger partial charge in [0.2, 0.25) is 0 Å². The largest absolute Gasteiger partial charge is 0.498 e. The van der Waals surface area contributed by atoms with Crippen molar-refractivity contribution in [2.24, 2.45) is 5.92 Å². The molecule has 0 N–H and O–H groups in total. The van der Waals surface area contributed by atoms with Crippen molar-refractivity contribution in [2.45, 2.75) is 33.6 Å². The van der Waals surface area contributed by atoms with Crippen LogP contribution in [0.2, 0.25) is 0 Å². The molecule has 0 spiro atoms. The third-order valence-corrected chi connectivity index (χ3v) is 4.07. The zero-order valence-electron chi connectivity index (χ0n) is 13.3. The number of methoxy groups -OCH3 is 2. The first kappa shape index (κ1) is 18.8. The molecule has 0 heterocycles. The van der Waals surface area contributed by atoms with Crippen LogP contribution in [-0.2, 0) is 19.3 Å². The summed E-state index contributed by atoms with van der Waals surface area (Å²) in [4.78, 5) is 0.379.